The highest BCUT2D eigenvalue weighted by molar-refractivity contribution is 8.15. The van der Waals surface area contributed by atoms with Gasteiger partial charge in [0.05, 0.1) is 11.4 Å². The molecule has 20 heavy (non-hydrogen) atoms. The highest BCUT2D eigenvalue weighted by Gasteiger charge is 2.28. The van der Waals surface area contributed by atoms with Crippen molar-refractivity contribution in [2.24, 2.45) is 10.2 Å². The molecule has 0 unspecified atom stereocenters. The van der Waals surface area contributed by atoms with Crippen LogP contribution in [0.5, 0.6) is 0 Å². The average Bonchev–Trinajstić information content (AvgIpc) is 2.96. The third kappa shape index (κ3) is 2.09. The molecule has 0 radical (unpaired) electrons. The monoisotopic (exact) mass is 288 g/mol. The van der Waals surface area contributed by atoms with E-state index in [1.54, 1.807) is 4.90 Å². The summed E-state index contributed by atoms with van der Waals surface area (Å²) in [5.74, 6) is 0.126. The molecule has 0 saturated carbocycles. The van der Waals surface area contributed by atoms with Crippen molar-refractivity contribution in [3.63, 3.8) is 0 Å². The van der Waals surface area contributed by atoms with Crippen LogP contribution < -0.4 is 5.32 Å². The van der Waals surface area contributed by atoms with Crippen molar-refractivity contribution in [1.82, 2.24) is 4.90 Å². The number of hydrogen-bond donors (Lipinski definition) is 1. The van der Waals surface area contributed by atoms with Gasteiger partial charge in [-0.1, -0.05) is 30.0 Å². The van der Waals surface area contributed by atoms with Crippen molar-refractivity contribution in [3.05, 3.63) is 29.8 Å². The van der Waals surface area contributed by atoms with E-state index in [0.717, 1.165) is 11.3 Å². The average molecular weight is 288 g/mol. The molecule has 102 valence electrons. The third-order valence-corrected chi connectivity index (χ3v) is 4.01. The van der Waals surface area contributed by atoms with E-state index in [0.29, 0.717) is 17.5 Å². The minimum Gasteiger partial charge on any atom is -0.320 e. The number of amidine groups is 1. The molecule has 7 heteroatoms. The van der Waals surface area contributed by atoms with Gasteiger partial charge in [-0.3, -0.25) is 14.5 Å². The lowest BCUT2D eigenvalue weighted by molar-refractivity contribution is -0.123. The first kappa shape index (κ1) is 12.9. The number of hydrogen-bond acceptors (Lipinski definition) is 5. The summed E-state index contributed by atoms with van der Waals surface area (Å²) in [7, 11) is 0. The topological polar surface area (TPSA) is 74.1 Å². The molecule has 0 bridgehead atoms. The van der Waals surface area contributed by atoms with Gasteiger partial charge in [0.25, 0.3) is 5.91 Å². The molecule has 2 heterocycles. The van der Waals surface area contributed by atoms with E-state index in [4.69, 9.17) is 0 Å². The van der Waals surface area contributed by atoms with Gasteiger partial charge in [0.2, 0.25) is 5.91 Å². The van der Waals surface area contributed by atoms with Crippen LogP contribution in [0.2, 0.25) is 0 Å². The van der Waals surface area contributed by atoms with E-state index in [9.17, 15) is 9.59 Å². The number of nitrogens with zero attached hydrogens (tertiary/aromatic N) is 3. The van der Waals surface area contributed by atoms with Crippen molar-refractivity contribution >= 4 is 40.1 Å². The van der Waals surface area contributed by atoms with E-state index >= 15 is 0 Å². The Morgan fingerprint density at radius 1 is 1.30 bits per heavy atom. The number of para-hydroxylation sites is 1. The summed E-state index contributed by atoms with van der Waals surface area (Å²) in [6.07, 6.45) is 0. The van der Waals surface area contributed by atoms with Gasteiger partial charge in [0.15, 0.2) is 10.9 Å². The van der Waals surface area contributed by atoms with Crippen LogP contribution in [0.1, 0.15) is 12.5 Å². The molecule has 3 rings (SSSR count). The summed E-state index contributed by atoms with van der Waals surface area (Å²) in [4.78, 5) is 25.0. The molecule has 1 fully saturated rings. The summed E-state index contributed by atoms with van der Waals surface area (Å²) in [6.45, 7) is 2.43. The molecule has 0 atom stereocenters. The van der Waals surface area contributed by atoms with Crippen LogP contribution >= 0.6 is 11.8 Å². The molecular formula is C13H12N4O2S. The second-order valence-electron chi connectivity index (χ2n) is 4.26. The van der Waals surface area contributed by atoms with Crippen molar-refractivity contribution in [3.8, 4) is 0 Å². The first-order valence-corrected chi connectivity index (χ1v) is 7.19. The van der Waals surface area contributed by atoms with Crippen LogP contribution in [0, 0.1) is 0 Å². The Morgan fingerprint density at radius 2 is 2.10 bits per heavy atom. The number of thioether (sulfide) groups is 1. The zero-order valence-electron chi connectivity index (χ0n) is 10.8. The second-order valence-corrected chi connectivity index (χ2v) is 5.20. The molecule has 1 aromatic carbocycles. The quantitative estimate of drug-likeness (QED) is 0.833. The zero-order chi connectivity index (χ0) is 14.1. The molecule has 1 N–H and O–H groups in total. The normalized spacial score (nSPS) is 21.8. The largest absolute Gasteiger partial charge is 0.320 e. The lowest BCUT2D eigenvalue weighted by Crippen LogP contribution is -2.29. The van der Waals surface area contributed by atoms with Crippen molar-refractivity contribution in [2.75, 3.05) is 17.6 Å². The minimum atomic E-state index is -0.270. The number of nitrogens with one attached hydrogen (secondary N) is 1. The van der Waals surface area contributed by atoms with E-state index < -0.39 is 0 Å². The molecule has 2 aliphatic heterocycles. The smallest absolute Gasteiger partial charge is 0.276 e. The molecule has 1 saturated heterocycles. The van der Waals surface area contributed by atoms with Gasteiger partial charge in [-0.05, 0) is 13.0 Å². The maximum Gasteiger partial charge on any atom is 0.276 e. The summed E-state index contributed by atoms with van der Waals surface area (Å²) in [6, 6.07) is 7.32. The Morgan fingerprint density at radius 3 is 2.90 bits per heavy atom. The fraction of sp³-hybridized carbons (Fsp3) is 0.231. The van der Waals surface area contributed by atoms with Crippen LogP contribution in [0.3, 0.4) is 0 Å². The SMILES string of the molecule is CCN1C(=O)CS/C1=N\N=C1\C(=O)Nc2ccccc21. The number of fused-ring (bicyclic) bond motifs is 1. The minimum absolute atomic E-state index is 0.0210. The highest BCUT2D eigenvalue weighted by atomic mass is 32.2. The Hall–Kier alpha value is -2.15. The number of carbonyl (C=O) groups excluding carboxylic acids is 2. The van der Waals surface area contributed by atoms with Crippen molar-refractivity contribution in [2.45, 2.75) is 6.92 Å². The second kappa shape index (κ2) is 5.09. The lowest BCUT2D eigenvalue weighted by atomic mass is 10.1. The fourth-order valence-corrected chi connectivity index (χ4v) is 2.97. The molecule has 6 nitrogen and oxygen atoms in total. The van der Waals surface area contributed by atoms with Gasteiger partial charge in [0, 0.05) is 12.1 Å². The number of anilines is 1. The Kier molecular flexibility index (Phi) is 3.27. The summed E-state index contributed by atoms with van der Waals surface area (Å²) in [5, 5.41) is 11.4. The highest BCUT2D eigenvalue weighted by Crippen LogP contribution is 2.24. The third-order valence-electron chi connectivity index (χ3n) is 3.05. The first-order chi connectivity index (χ1) is 9.70. The van der Waals surface area contributed by atoms with Gasteiger partial charge in [-0.15, -0.1) is 10.2 Å². The van der Waals surface area contributed by atoms with Gasteiger partial charge in [-0.2, -0.15) is 0 Å². The van der Waals surface area contributed by atoms with E-state index in [2.05, 4.69) is 15.5 Å². The fourth-order valence-electron chi connectivity index (χ4n) is 2.08. The number of amides is 2. The molecule has 1 aromatic rings. The number of rotatable bonds is 2. The molecule has 0 aromatic heterocycles. The Balaban J connectivity index is 1.94. The van der Waals surface area contributed by atoms with Gasteiger partial charge < -0.3 is 5.32 Å². The van der Waals surface area contributed by atoms with Gasteiger partial charge in [-0.25, -0.2) is 0 Å². The van der Waals surface area contributed by atoms with Gasteiger partial charge >= 0.3 is 0 Å². The van der Waals surface area contributed by atoms with Crippen LogP contribution in [0.4, 0.5) is 5.69 Å². The van der Waals surface area contributed by atoms with Crippen LogP contribution in [-0.2, 0) is 9.59 Å². The predicted molar refractivity (Wildman–Crippen MR) is 78.9 cm³/mol. The molecule has 2 aliphatic rings. The Labute approximate surface area is 119 Å². The molecule has 0 spiro atoms. The Bertz CT molecular complexity index is 654. The number of benzene rings is 1. The van der Waals surface area contributed by atoms with Crippen molar-refractivity contribution in [1.29, 1.82) is 0 Å². The molecular weight excluding hydrogens is 276 g/mol. The van der Waals surface area contributed by atoms with E-state index in [1.807, 2.05) is 31.2 Å². The maximum absolute atomic E-state index is 11.9. The van der Waals surface area contributed by atoms with E-state index in [1.165, 1.54) is 11.8 Å². The lowest BCUT2D eigenvalue weighted by Gasteiger charge is -2.10. The number of carbonyl (C=O) groups is 2. The maximum atomic E-state index is 11.9. The molecule has 0 aliphatic carbocycles. The van der Waals surface area contributed by atoms with Crippen molar-refractivity contribution < 1.29 is 9.59 Å². The van der Waals surface area contributed by atoms with E-state index in [-0.39, 0.29) is 17.5 Å². The summed E-state index contributed by atoms with van der Waals surface area (Å²) < 4.78 is 0. The standard InChI is InChI=1S/C13H12N4O2S/c1-2-17-10(18)7-20-13(17)16-15-11-8-5-3-4-6-9(8)14-12(11)19/h3-6H,2,7H2,1H3,(H,14,15,19)/b16-13-. The first-order valence-electron chi connectivity index (χ1n) is 6.20. The van der Waals surface area contributed by atoms with Crippen LogP contribution in [-0.4, -0.2) is 39.9 Å². The van der Waals surface area contributed by atoms with Crippen LogP contribution in [0.15, 0.2) is 34.5 Å². The summed E-state index contributed by atoms with van der Waals surface area (Å²) in [5.41, 5.74) is 1.75. The summed E-state index contributed by atoms with van der Waals surface area (Å²) >= 11 is 1.34. The van der Waals surface area contributed by atoms with Gasteiger partial charge in [0.1, 0.15) is 0 Å². The molecule has 2 amide bonds. The van der Waals surface area contributed by atoms with Crippen LogP contribution in [0.25, 0.3) is 0 Å². The zero-order valence-corrected chi connectivity index (χ0v) is 11.6. The predicted octanol–water partition coefficient (Wildman–Crippen LogP) is 1.29.